The summed E-state index contributed by atoms with van der Waals surface area (Å²) < 4.78 is 0. The minimum absolute atomic E-state index is 0.0281. The molecule has 6 rings (SSSR count). The van der Waals surface area contributed by atoms with E-state index in [0.29, 0.717) is 0 Å². The van der Waals surface area contributed by atoms with Crippen LogP contribution in [-0.2, 0) is 4.79 Å². The second-order valence-corrected chi connectivity index (χ2v) is 15.3. The standard InChI is InChI=1S/C42H37NOP2/c1-3-20-41(44)43(33(2)34-21-9-4-10-22-34)42-39(45(35-23-11-5-12-24-35)36-25-13-6-14-26-36)31-19-32-40(42)46(37-27-15-7-16-28-37)38-29-17-8-18-30-38/h3-33H,1-2H3/b20-3+/t33-/m0/s1. The molecule has 0 unspecified atom stereocenters. The van der Waals surface area contributed by atoms with E-state index in [-0.39, 0.29) is 11.9 Å². The number of rotatable bonds is 10. The minimum atomic E-state index is -1.01. The number of allylic oxidation sites excluding steroid dienone is 1. The van der Waals surface area contributed by atoms with Crippen molar-refractivity contribution in [1.82, 2.24) is 0 Å². The maximum atomic E-state index is 14.5. The Morgan fingerprint density at radius 2 is 0.870 bits per heavy atom. The second kappa shape index (κ2) is 15.1. The molecule has 226 valence electrons. The molecule has 0 saturated carbocycles. The Labute approximate surface area is 275 Å². The van der Waals surface area contributed by atoms with E-state index in [2.05, 4.69) is 176 Å². The minimum Gasteiger partial charge on any atom is -0.300 e. The van der Waals surface area contributed by atoms with Crippen molar-refractivity contribution in [3.05, 3.63) is 188 Å². The van der Waals surface area contributed by atoms with Crippen molar-refractivity contribution in [2.24, 2.45) is 0 Å². The molecule has 0 bridgehead atoms. The van der Waals surface area contributed by atoms with E-state index in [1.54, 1.807) is 6.08 Å². The molecule has 0 N–H and O–H groups in total. The Morgan fingerprint density at radius 3 is 1.22 bits per heavy atom. The Morgan fingerprint density at radius 1 is 0.522 bits per heavy atom. The number of anilines is 1. The molecule has 0 heterocycles. The van der Waals surface area contributed by atoms with Gasteiger partial charge in [0.05, 0.1) is 11.7 Å². The third kappa shape index (κ3) is 6.80. The lowest BCUT2D eigenvalue weighted by molar-refractivity contribution is -0.114. The van der Waals surface area contributed by atoms with E-state index in [0.717, 1.165) is 11.3 Å². The second-order valence-electron chi connectivity index (χ2n) is 11.0. The number of para-hydroxylation sites is 1. The first-order valence-electron chi connectivity index (χ1n) is 15.6. The van der Waals surface area contributed by atoms with Gasteiger partial charge in [-0.05, 0) is 62.5 Å². The fraction of sp³-hybridized carbons (Fsp3) is 0.0714. The molecule has 0 aliphatic rings. The predicted octanol–water partition coefficient (Wildman–Crippen LogP) is 7.87. The fourth-order valence-electron chi connectivity index (χ4n) is 5.89. The van der Waals surface area contributed by atoms with Gasteiger partial charge in [-0.2, -0.15) is 0 Å². The van der Waals surface area contributed by atoms with Gasteiger partial charge in [0.25, 0.3) is 5.91 Å². The van der Waals surface area contributed by atoms with Crippen LogP contribution < -0.4 is 36.7 Å². The maximum Gasteiger partial charge on any atom is 0.251 e. The molecule has 0 saturated heterocycles. The summed E-state index contributed by atoms with van der Waals surface area (Å²) in [5, 5.41) is 7.33. The van der Waals surface area contributed by atoms with Crippen LogP contribution in [0.4, 0.5) is 5.69 Å². The lowest BCUT2D eigenvalue weighted by Crippen LogP contribution is -2.41. The van der Waals surface area contributed by atoms with Crippen molar-refractivity contribution in [3.63, 3.8) is 0 Å². The van der Waals surface area contributed by atoms with E-state index in [1.807, 2.05) is 19.1 Å². The van der Waals surface area contributed by atoms with Gasteiger partial charge in [-0.15, -0.1) is 0 Å². The largest absolute Gasteiger partial charge is 0.300 e. The van der Waals surface area contributed by atoms with Gasteiger partial charge in [0, 0.05) is 10.6 Å². The summed E-state index contributed by atoms with van der Waals surface area (Å²) in [6.07, 6.45) is 3.56. The molecule has 1 atom stereocenters. The van der Waals surface area contributed by atoms with E-state index in [4.69, 9.17) is 0 Å². The van der Waals surface area contributed by atoms with Crippen LogP contribution in [0.2, 0.25) is 0 Å². The van der Waals surface area contributed by atoms with Crippen molar-refractivity contribution >= 4 is 59.3 Å². The van der Waals surface area contributed by atoms with E-state index in [9.17, 15) is 4.79 Å². The highest BCUT2D eigenvalue weighted by molar-refractivity contribution is 7.81. The highest BCUT2D eigenvalue weighted by Gasteiger charge is 2.33. The molecule has 0 aliphatic heterocycles. The zero-order valence-corrected chi connectivity index (χ0v) is 27.9. The highest BCUT2D eigenvalue weighted by Crippen LogP contribution is 2.43. The first-order chi connectivity index (χ1) is 22.7. The van der Waals surface area contributed by atoms with Gasteiger partial charge >= 0.3 is 0 Å². The highest BCUT2D eigenvalue weighted by atomic mass is 31.1. The number of benzene rings is 6. The van der Waals surface area contributed by atoms with Crippen molar-refractivity contribution in [2.75, 3.05) is 4.90 Å². The summed E-state index contributed by atoms with van der Waals surface area (Å²) in [6, 6.07) is 59.9. The zero-order chi connectivity index (χ0) is 31.7. The van der Waals surface area contributed by atoms with Crippen molar-refractivity contribution in [1.29, 1.82) is 0 Å². The van der Waals surface area contributed by atoms with E-state index >= 15 is 0 Å². The monoisotopic (exact) mass is 633 g/mol. The lowest BCUT2D eigenvalue weighted by atomic mass is 10.1. The summed E-state index contributed by atoms with van der Waals surface area (Å²) in [6.45, 7) is 4.07. The molecule has 46 heavy (non-hydrogen) atoms. The first-order valence-corrected chi connectivity index (χ1v) is 18.3. The third-order valence-corrected chi connectivity index (χ3v) is 12.9. The van der Waals surface area contributed by atoms with Gasteiger partial charge in [0.2, 0.25) is 0 Å². The molecule has 1 amide bonds. The molecule has 0 spiro atoms. The zero-order valence-electron chi connectivity index (χ0n) is 26.1. The summed E-state index contributed by atoms with van der Waals surface area (Å²) in [5.74, 6) is -0.0281. The summed E-state index contributed by atoms with van der Waals surface area (Å²) >= 11 is 0. The smallest absolute Gasteiger partial charge is 0.251 e. The molecular weight excluding hydrogens is 596 g/mol. The summed E-state index contributed by atoms with van der Waals surface area (Å²) in [5.41, 5.74) is 2.09. The van der Waals surface area contributed by atoms with Crippen LogP contribution in [0.25, 0.3) is 0 Å². The SMILES string of the molecule is C/C=C/C(=O)N(c1c(P(c2ccccc2)c2ccccc2)cccc1P(c1ccccc1)c1ccccc1)[C@@H](C)c1ccccc1. The Hall–Kier alpha value is -4.61. The Balaban J connectivity index is 1.72. The van der Waals surface area contributed by atoms with Gasteiger partial charge in [0.15, 0.2) is 0 Å². The molecule has 6 aromatic rings. The van der Waals surface area contributed by atoms with Gasteiger partial charge in [-0.3, -0.25) is 4.79 Å². The van der Waals surface area contributed by atoms with Crippen molar-refractivity contribution in [3.8, 4) is 0 Å². The molecule has 2 nitrogen and oxygen atoms in total. The van der Waals surface area contributed by atoms with Gasteiger partial charge in [0.1, 0.15) is 0 Å². The van der Waals surface area contributed by atoms with Crippen LogP contribution in [0.1, 0.15) is 25.5 Å². The number of carbonyl (C=O) groups is 1. The summed E-state index contributed by atoms with van der Waals surface area (Å²) in [4.78, 5) is 16.6. The Kier molecular flexibility index (Phi) is 10.3. The number of hydrogen-bond donors (Lipinski definition) is 0. The maximum absolute atomic E-state index is 14.5. The quantitative estimate of drug-likeness (QED) is 0.111. The predicted molar refractivity (Wildman–Crippen MR) is 201 cm³/mol. The number of hydrogen-bond acceptors (Lipinski definition) is 1. The third-order valence-electron chi connectivity index (χ3n) is 7.99. The molecule has 6 aromatic carbocycles. The van der Waals surface area contributed by atoms with Crippen LogP contribution in [0, 0.1) is 0 Å². The normalized spacial score (nSPS) is 12.0. The van der Waals surface area contributed by atoms with E-state index in [1.165, 1.54) is 31.8 Å². The van der Waals surface area contributed by atoms with Crippen LogP contribution in [0.5, 0.6) is 0 Å². The van der Waals surface area contributed by atoms with Gasteiger partial charge in [-0.1, -0.05) is 176 Å². The van der Waals surface area contributed by atoms with E-state index < -0.39 is 15.8 Å². The molecular formula is C42H37NOP2. The Bertz CT molecular complexity index is 1700. The molecule has 0 fully saturated rings. The molecule has 0 radical (unpaired) electrons. The van der Waals surface area contributed by atoms with Crippen LogP contribution in [-0.4, -0.2) is 5.91 Å². The van der Waals surface area contributed by atoms with Gasteiger partial charge < -0.3 is 4.90 Å². The molecule has 0 aromatic heterocycles. The molecule has 0 aliphatic carbocycles. The van der Waals surface area contributed by atoms with Gasteiger partial charge in [-0.25, -0.2) is 0 Å². The topological polar surface area (TPSA) is 20.3 Å². The fourth-order valence-corrected chi connectivity index (χ4v) is 10.9. The van der Waals surface area contributed by atoms with Crippen LogP contribution in [0.15, 0.2) is 182 Å². The van der Waals surface area contributed by atoms with Crippen molar-refractivity contribution < 1.29 is 4.79 Å². The lowest BCUT2D eigenvalue weighted by Gasteiger charge is -2.36. The molecule has 4 heteroatoms. The average molecular weight is 634 g/mol. The number of amides is 1. The average Bonchev–Trinajstić information content (AvgIpc) is 3.12. The van der Waals surface area contributed by atoms with Crippen LogP contribution >= 0.6 is 15.8 Å². The number of carbonyl (C=O) groups excluding carboxylic acids is 1. The van der Waals surface area contributed by atoms with Crippen LogP contribution in [0.3, 0.4) is 0 Å². The van der Waals surface area contributed by atoms with Crippen molar-refractivity contribution in [2.45, 2.75) is 19.9 Å². The first kappa shape index (κ1) is 31.4. The number of nitrogens with zero attached hydrogens (tertiary/aromatic N) is 1. The summed E-state index contributed by atoms with van der Waals surface area (Å²) in [7, 11) is -2.03.